The highest BCUT2D eigenvalue weighted by atomic mass is 16.4. The number of nitriles is 1. The second kappa shape index (κ2) is 5.06. The van der Waals surface area contributed by atoms with Gasteiger partial charge in [0.15, 0.2) is 5.58 Å². The molecule has 0 saturated carbocycles. The van der Waals surface area contributed by atoms with Gasteiger partial charge in [0.1, 0.15) is 5.52 Å². The van der Waals surface area contributed by atoms with Gasteiger partial charge in [-0.2, -0.15) is 10.2 Å². The van der Waals surface area contributed by atoms with Gasteiger partial charge >= 0.3 is 0 Å². The van der Waals surface area contributed by atoms with Crippen molar-refractivity contribution in [3.05, 3.63) is 59.7 Å². The van der Waals surface area contributed by atoms with Gasteiger partial charge in [-0.1, -0.05) is 24.3 Å². The SMILES string of the molecule is CN(Cc1cccc(C#N)c1)c1nc2ccccc2o1. The van der Waals surface area contributed by atoms with Crippen LogP contribution in [0.2, 0.25) is 0 Å². The fourth-order valence-electron chi connectivity index (χ4n) is 2.10. The molecule has 1 heterocycles. The van der Waals surface area contributed by atoms with E-state index in [4.69, 9.17) is 9.68 Å². The van der Waals surface area contributed by atoms with E-state index in [1.807, 2.05) is 54.4 Å². The van der Waals surface area contributed by atoms with Crippen molar-refractivity contribution >= 4 is 17.1 Å². The van der Waals surface area contributed by atoms with Crippen LogP contribution in [0, 0.1) is 11.3 Å². The van der Waals surface area contributed by atoms with Gasteiger partial charge in [0, 0.05) is 13.6 Å². The Morgan fingerprint density at radius 1 is 1.20 bits per heavy atom. The van der Waals surface area contributed by atoms with Crippen LogP contribution < -0.4 is 4.90 Å². The van der Waals surface area contributed by atoms with E-state index in [1.54, 1.807) is 6.07 Å². The van der Waals surface area contributed by atoms with Crippen molar-refractivity contribution in [1.29, 1.82) is 5.26 Å². The second-order valence-corrected chi connectivity index (χ2v) is 4.63. The van der Waals surface area contributed by atoms with Crippen molar-refractivity contribution in [2.45, 2.75) is 6.54 Å². The average molecular weight is 263 g/mol. The van der Waals surface area contributed by atoms with E-state index in [0.29, 0.717) is 18.1 Å². The number of fused-ring (bicyclic) bond motifs is 1. The number of oxazole rings is 1. The first-order valence-electron chi connectivity index (χ1n) is 6.32. The summed E-state index contributed by atoms with van der Waals surface area (Å²) in [6.07, 6.45) is 0. The minimum Gasteiger partial charge on any atom is -0.423 e. The largest absolute Gasteiger partial charge is 0.423 e. The van der Waals surface area contributed by atoms with Crippen LogP contribution in [-0.2, 0) is 6.54 Å². The molecule has 4 nitrogen and oxygen atoms in total. The molecule has 1 aromatic heterocycles. The number of nitrogens with zero attached hydrogens (tertiary/aromatic N) is 3. The summed E-state index contributed by atoms with van der Waals surface area (Å²) in [5, 5.41) is 8.91. The normalized spacial score (nSPS) is 10.4. The highest BCUT2D eigenvalue weighted by Gasteiger charge is 2.10. The lowest BCUT2D eigenvalue weighted by Gasteiger charge is -2.14. The fourth-order valence-corrected chi connectivity index (χ4v) is 2.10. The molecule has 3 rings (SSSR count). The molecule has 0 aliphatic carbocycles. The Labute approximate surface area is 116 Å². The van der Waals surface area contributed by atoms with E-state index in [1.165, 1.54) is 0 Å². The van der Waals surface area contributed by atoms with Gasteiger partial charge in [0.05, 0.1) is 11.6 Å². The number of anilines is 1. The molecule has 0 fully saturated rings. The van der Waals surface area contributed by atoms with E-state index in [2.05, 4.69) is 11.1 Å². The third-order valence-electron chi connectivity index (χ3n) is 3.08. The number of hydrogen-bond acceptors (Lipinski definition) is 4. The van der Waals surface area contributed by atoms with E-state index < -0.39 is 0 Å². The highest BCUT2D eigenvalue weighted by Crippen LogP contribution is 2.22. The minimum atomic E-state index is 0.577. The van der Waals surface area contributed by atoms with E-state index in [-0.39, 0.29) is 0 Å². The van der Waals surface area contributed by atoms with Crippen LogP contribution in [0.5, 0.6) is 0 Å². The number of para-hydroxylation sites is 2. The number of benzene rings is 2. The quantitative estimate of drug-likeness (QED) is 0.727. The first-order chi connectivity index (χ1) is 9.76. The van der Waals surface area contributed by atoms with Gasteiger partial charge in [-0.25, -0.2) is 0 Å². The van der Waals surface area contributed by atoms with Crippen molar-refractivity contribution in [1.82, 2.24) is 4.98 Å². The Balaban J connectivity index is 1.85. The average Bonchev–Trinajstić information content (AvgIpc) is 2.91. The summed E-state index contributed by atoms with van der Waals surface area (Å²) in [4.78, 5) is 6.37. The maximum Gasteiger partial charge on any atom is 0.298 e. The molecule has 20 heavy (non-hydrogen) atoms. The molecule has 0 aliphatic heterocycles. The highest BCUT2D eigenvalue weighted by molar-refractivity contribution is 5.74. The smallest absolute Gasteiger partial charge is 0.298 e. The predicted octanol–water partition coefficient (Wildman–Crippen LogP) is 3.34. The Bertz CT molecular complexity index is 753. The number of aromatic nitrogens is 1. The Hall–Kier alpha value is -2.80. The summed E-state index contributed by atoms with van der Waals surface area (Å²) in [6, 6.07) is 17.9. The van der Waals surface area contributed by atoms with Crippen LogP contribution in [0.1, 0.15) is 11.1 Å². The van der Waals surface area contributed by atoms with Crippen molar-refractivity contribution in [3.8, 4) is 6.07 Å². The maximum absolute atomic E-state index is 8.91. The molecule has 0 unspecified atom stereocenters. The van der Waals surface area contributed by atoms with Crippen LogP contribution in [0.15, 0.2) is 52.9 Å². The first-order valence-corrected chi connectivity index (χ1v) is 6.32. The van der Waals surface area contributed by atoms with Crippen LogP contribution in [0.25, 0.3) is 11.1 Å². The van der Waals surface area contributed by atoms with Crippen molar-refractivity contribution in [2.24, 2.45) is 0 Å². The maximum atomic E-state index is 8.91. The summed E-state index contributed by atoms with van der Waals surface area (Å²) < 4.78 is 5.71. The standard InChI is InChI=1S/C16H13N3O/c1-19(11-13-6-4-5-12(9-13)10-17)16-18-14-7-2-3-8-15(14)20-16/h2-9H,11H2,1H3. The topological polar surface area (TPSA) is 53.1 Å². The molecule has 0 amide bonds. The van der Waals surface area contributed by atoms with Crippen molar-refractivity contribution in [3.63, 3.8) is 0 Å². The zero-order valence-corrected chi connectivity index (χ0v) is 11.1. The fraction of sp³-hybridized carbons (Fsp3) is 0.125. The Kier molecular flexibility index (Phi) is 3.10. The van der Waals surface area contributed by atoms with Crippen LogP contribution in [0.4, 0.5) is 6.01 Å². The molecular weight excluding hydrogens is 250 g/mol. The van der Waals surface area contributed by atoms with Gasteiger partial charge in [-0.15, -0.1) is 0 Å². The van der Waals surface area contributed by atoms with Crippen LogP contribution in [-0.4, -0.2) is 12.0 Å². The predicted molar refractivity (Wildman–Crippen MR) is 77.3 cm³/mol. The molecule has 0 bridgehead atoms. The first kappa shape index (κ1) is 12.2. The summed E-state index contributed by atoms with van der Waals surface area (Å²) in [5.74, 6) is 0. The van der Waals surface area contributed by atoms with E-state index in [9.17, 15) is 0 Å². The van der Waals surface area contributed by atoms with Gasteiger partial charge in [-0.05, 0) is 29.8 Å². The minimum absolute atomic E-state index is 0.577. The lowest BCUT2D eigenvalue weighted by atomic mass is 10.1. The summed E-state index contributed by atoms with van der Waals surface area (Å²) in [7, 11) is 1.92. The molecule has 0 spiro atoms. The van der Waals surface area contributed by atoms with Gasteiger partial charge < -0.3 is 9.32 Å². The van der Waals surface area contributed by atoms with Crippen LogP contribution in [0.3, 0.4) is 0 Å². The lowest BCUT2D eigenvalue weighted by molar-refractivity contribution is 0.582. The third-order valence-corrected chi connectivity index (χ3v) is 3.08. The number of rotatable bonds is 3. The molecule has 98 valence electrons. The monoisotopic (exact) mass is 263 g/mol. The zero-order chi connectivity index (χ0) is 13.9. The van der Waals surface area contributed by atoms with Crippen molar-refractivity contribution in [2.75, 3.05) is 11.9 Å². The molecule has 0 N–H and O–H groups in total. The third kappa shape index (κ3) is 2.34. The molecule has 2 aromatic carbocycles. The van der Waals surface area contributed by atoms with Gasteiger partial charge in [0.25, 0.3) is 6.01 Å². The summed E-state index contributed by atoms with van der Waals surface area (Å²) in [5.41, 5.74) is 3.34. The van der Waals surface area contributed by atoms with E-state index >= 15 is 0 Å². The van der Waals surface area contributed by atoms with E-state index in [0.717, 1.165) is 16.7 Å². The lowest BCUT2D eigenvalue weighted by Crippen LogP contribution is -2.16. The van der Waals surface area contributed by atoms with Gasteiger partial charge in [0.2, 0.25) is 0 Å². The molecule has 0 radical (unpaired) electrons. The summed E-state index contributed by atoms with van der Waals surface area (Å²) in [6.45, 7) is 0.641. The molecule has 3 aromatic rings. The Morgan fingerprint density at radius 2 is 2.05 bits per heavy atom. The Morgan fingerprint density at radius 3 is 2.85 bits per heavy atom. The van der Waals surface area contributed by atoms with Crippen molar-refractivity contribution < 1.29 is 4.42 Å². The van der Waals surface area contributed by atoms with Crippen LogP contribution >= 0.6 is 0 Å². The molecule has 4 heteroatoms. The molecule has 0 atom stereocenters. The second-order valence-electron chi connectivity index (χ2n) is 4.63. The molecular formula is C16H13N3O. The van der Waals surface area contributed by atoms with Gasteiger partial charge in [-0.3, -0.25) is 0 Å². The number of hydrogen-bond donors (Lipinski definition) is 0. The molecule has 0 saturated heterocycles. The molecule has 0 aliphatic rings. The zero-order valence-electron chi connectivity index (χ0n) is 11.1. The summed E-state index contributed by atoms with van der Waals surface area (Å²) >= 11 is 0.